The van der Waals surface area contributed by atoms with Crippen LogP contribution in [-0.4, -0.2) is 23.4 Å². The fraction of sp³-hybridized carbons (Fsp3) is 0.941. The number of carbonyl (C=O) groups excluding carboxylic acids is 1. The molecule has 1 heterocycles. The Morgan fingerprint density at radius 3 is 2.42 bits per heavy atom. The van der Waals surface area contributed by atoms with Crippen molar-refractivity contribution in [2.24, 2.45) is 11.3 Å². The van der Waals surface area contributed by atoms with Gasteiger partial charge in [0, 0.05) is 19.0 Å². The summed E-state index contributed by atoms with van der Waals surface area (Å²) in [6.07, 6.45) is 7.91. The number of hydrogen-bond acceptors (Lipinski definition) is 1. The van der Waals surface area contributed by atoms with E-state index in [2.05, 4.69) is 39.5 Å². The lowest BCUT2D eigenvalue weighted by molar-refractivity contribution is -0.134. The number of nitrogens with zero attached hydrogens (tertiary/aromatic N) is 1. The molecule has 0 N–H and O–H groups in total. The van der Waals surface area contributed by atoms with E-state index in [1.165, 1.54) is 32.1 Å². The van der Waals surface area contributed by atoms with Crippen LogP contribution in [0.5, 0.6) is 0 Å². The maximum absolute atomic E-state index is 12.2. The van der Waals surface area contributed by atoms with Crippen LogP contribution in [0.3, 0.4) is 0 Å². The predicted molar refractivity (Wildman–Crippen MR) is 82.1 cm³/mol. The van der Waals surface area contributed by atoms with Crippen molar-refractivity contribution in [3.8, 4) is 0 Å². The number of carbonyl (C=O) groups is 1. The molecule has 1 aliphatic heterocycles. The molecular formula is C17H33NO. The van der Waals surface area contributed by atoms with E-state index in [4.69, 9.17) is 0 Å². The van der Waals surface area contributed by atoms with Crippen LogP contribution in [0, 0.1) is 11.3 Å². The van der Waals surface area contributed by atoms with E-state index in [9.17, 15) is 4.79 Å². The van der Waals surface area contributed by atoms with Crippen LogP contribution < -0.4 is 0 Å². The van der Waals surface area contributed by atoms with E-state index in [0.717, 1.165) is 19.4 Å². The molecule has 1 aliphatic rings. The van der Waals surface area contributed by atoms with Gasteiger partial charge in [0.25, 0.3) is 0 Å². The molecule has 0 aromatic rings. The minimum absolute atomic E-state index is 0.395. The van der Waals surface area contributed by atoms with Gasteiger partial charge in [0.05, 0.1) is 0 Å². The van der Waals surface area contributed by atoms with Gasteiger partial charge in [-0.25, -0.2) is 0 Å². The lowest BCUT2D eigenvalue weighted by Gasteiger charge is -2.34. The first-order valence-corrected chi connectivity index (χ1v) is 8.11. The highest BCUT2D eigenvalue weighted by atomic mass is 16.2. The van der Waals surface area contributed by atoms with Crippen LogP contribution in [0.25, 0.3) is 0 Å². The van der Waals surface area contributed by atoms with Crippen molar-refractivity contribution >= 4 is 5.91 Å². The molecule has 1 fully saturated rings. The largest absolute Gasteiger partial charge is 0.339 e. The summed E-state index contributed by atoms with van der Waals surface area (Å²) in [5, 5.41) is 0. The molecule has 1 amide bonds. The number of likely N-dealkylation sites (tertiary alicyclic amines) is 1. The highest BCUT2D eigenvalue weighted by Gasteiger charge is 2.27. The van der Waals surface area contributed by atoms with Crippen molar-refractivity contribution in [2.75, 3.05) is 6.54 Å². The normalized spacial score (nSPS) is 19.7. The van der Waals surface area contributed by atoms with Crippen LogP contribution in [0.2, 0.25) is 0 Å². The van der Waals surface area contributed by atoms with Gasteiger partial charge in [0.1, 0.15) is 0 Å². The van der Waals surface area contributed by atoms with Gasteiger partial charge >= 0.3 is 0 Å². The minimum atomic E-state index is 0.395. The molecule has 2 nitrogen and oxygen atoms in total. The third-order valence-corrected chi connectivity index (χ3v) is 4.21. The van der Waals surface area contributed by atoms with Crippen molar-refractivity contribution in [2.45, 2.75) is 85.6 Å². The first kappa shape index (κ1) is 16.5. The molecule has 0 radical (unpaired) electrons. The quantitative estimate of drug-likeness (QED) is 0.711. The van der Waals surface area contributed by atoms with E-state index < -0.39 is 0 Å². The molecule has 0 saturated carbocycles. The fourth-order valence-electron chi connectivity index (χ4n) is 3.04. The van der Waals surface area contributed by atoms with Crippen LogP contribution in [0.1, 0.15) is 79.6 Å². The van der Waals surface area contributed by atoms with Crippen LogP contribution in [0.15, 0.2) is 0 Å². The molecule has 1 atom stereocenters. The molecule has 19 heavy (non-hydrogen) atoms. The molecule has 1 unspecified atom stereocenters. The summed E-state index contributed by atoms with van der Waals surface area (Å²) in [4.78, 5) is 14.4. The maximum Gasteiger partial charge on any atom is 0.222 e. The standard InChI is InChI=1S/C17H33NO/c1-14(2)15(10-9-12-17(3,4)5)18-13-8-6-7-11-16(18)19/h14-15H,6-13H2,1-5H3. The number of hydrogen-bond donors (Lipinski definition) is 0. The number of rotatable bonds is 5. The van der Waals surface area contributed by atoms with Crippen molar-refractivity contribution < 1.29 is 4.79 Å². The van der Waals surface area contributed by atoms with Crippen molar-refractivity contribution in [1.82, 2.24) is 4.90 Å². The fourth-order valence-corrected chi connectivity index (χ4v) is 3.04. The Bertz CT molecular complexity index is 277. The molecule has 0 aliphatic carbocycles. The molecule has 1 saturated heterocycles. The highest BCUT2D eigenvalue weighted by molar-refractivity contribution is 5.76. The first-order valence-electron chi connectivity index (χ1n) is 8.11. The lowest BCUT2D eigenvalue weighted by atomic mass is 9.87. The van der Waals surface area contributed by atoms with Crippen molar-refractivity contribution in [3.05, 3.63) is 0 Å². The smallest absolute Gasteiger partial charge is 0.222 e. The van der Waals surface area contributed by atoms with Gasteiger partial charge in [-0.2, -0.15) is 0 Å². The topological polar surface area (TPSA) is 20.3 Å². The van der Waals surface area contributed by atoms with Gasteiger partial charge in [-0.1, -0.05) is 47.5 Å². The average Bonchev–Trinajstić information content (AvgIpc) is 2.48. The summed E-state index contributed by atoms with van der Waals surface area (Å²) in [5.74, 6) is 0.967. The monoisotopic (exact) mass is 267 g/mol. The summed E-state index contributed by atoms with van der Waals surface area (Å²) >= 11 is 0. The summed E-state index contributed by atoms with van der Waals surface area (Å²) in [5.41, 5.74) is 0.407. The Morgan fingerprint density at radius 2 is 1.84 bits per heavy atom. The Kier molecular flexibility index (Phi) is 6.35. The zero-order valence-electron chi connectivity index (χ0n) is 13.7. The minimum Gasteiger partial charge on any atom is -0.339 e. The lowest BCUT2D eigenvalue weighted by Crippen LogP contribution is -2.43. The van der Waals surface area contributed by atoms with E-state index in [0.29, 0.717) is 23.3 Å². The molecule has 0 spiro atoms. The van der Waals surface area contributed by atoms with Gasteiger partial charge < -0.3 is 4.90 Å². The third-order valence-electron chi connectivity index (χ3n) is 4.21. The van der Waals surface area contributed by atoms with Gasteiger partial charge in [-0.15, -0.1) is 0 Å². The van der Waals surface area contributed by atoms with E-state index in [1.54, 1.807) is 0 Å². The Labute approximate surface area is 119 Å². The SMILES string of the molecule is CC(C)C(CCCC(C)(C)C)N1CCCCCC1=O. The Hall–Kier alpha value is -0.530. The van der Waals surface area contributed by atoms with Crippen LogP contribution in [0.4, 0.5) is 0 Å². The zero-order valence-corrected chi connectivity index (χ0v) is 13.7. The van der Waals surface area contributed by atoms with E-state index >= 15 is 0 Å². The van der Waals surface area contributed by atoms with E-state index in [1.807, 2.05) is 0 Å². The second kappa shape index (κ2) is 7.31. The van der Waals surface area contributed by atoms with Crippen molar-refractivity contribution in [1.29, 1.82) is 0 Å². The molecule has 0 aromatic heterocycles. The highest BCUT2D eigenvalue weighted by Crippen LogP contribution is 2.26. The molecule has 0 aromatic carbocycles. The predicted octanol–water partition coefficient (Wildman–Crippen LogP) is 4.63. The molecular weight excluding hydrogens is 234 g/mol. The summed E-state index contributed by atoms with van der Waals surface area (Å²) in [7, 11) is 0. The number of amides is 1. The second-order valence-corrected chi connectivity index (χ2v) is 7.66. The van der Waals surface area contributed by atoms with E-state index in [-0.39, 0.29) is 0 Å². The van der Waals surface area contributed by atoms with Gasteiger partial charge in [-0.05, 0) is 37.0 Å². The maximum atomic E-state index is 12.2. The molecule has 112 valence electrons. The van der Waals surface area contributed by atoms with Crippen LogP contribution in [-0.2, 0) is 4.79 Å². The first-order chi connectivity index (χ1) is 8.81. The average molecular weight is 267 g/mol. The Morgan fingerprint density at radius 1 is 1.16 bits per heavy atom. The van der Waals surface area contributed by atoms with Crippen molar-refractivity contribution in [3.63, 3.8) is 0 Å². The van der Waals surface area contributed by atoms with Gasteiger partial charge in [0.2, 0.25) is 5.91 Å². The molecule has 0 bridgehead atoms. The summed E-state index contributed by atoms with van der Waals surface area (Å²) in [6.45, 7) is 12.4. The summed E-state index contributed by atoms with van der Waals surface area (Å²) in [6, 6.07) is 0.452. The van der Waals surface area contributed by atoms with Gasteiger partial charge in [-0.3, -0.25) is 4.79 Å². The Balaban J connectivity index is 2.57. The zero-order chi connectivity index (χ0) is 14.5. The van der Waals surface area contributed by atoms with Crippen LogP contribution >= 0.6 is 0 Å². The molecule has 1 rings (SSSR count). The van der Waals surface area contributed by atoms with Gasteiger partial charge in [0.15, 0.2) is 0 Å². The third kappa shape index (κ3) is 5.97. The summed E-state index contributed by atoms with van der Waals surface area (Å²) < 4.78 is 0. The second-order valence-electron chi connectivity index (χ2n) is 7.66. The molecule has 2 heteroatoms.